The number of aliphatic hydroxyl groups excluding tert-OH is 1. The van der Waals surface area contributed by atoms with E-state index in [1.807, 2.05) is 12.2 Å². The van der Waals surface area contributed by atoms with E-state index in [0.29, 0.717) is 0 Å². The molecular weight excluding hydrogens is 264 g/mol. The van der Waals surface area contributed by atoms with Crippen LogP contribution < -0.4 is 0 Å². The van der Waals surface area contributed by atoms with E-state index in [4.69, 9.17) is 4.74 Å². The number of hydrogen-bond donors (Lipinski definition) is 1. The molecule has 0 fully saturated rings. The van der Waals surface area contributed by atoms with Gasteiger partial charge in [0, 0.05) is 7.11 Å². The maximum Gasteiger partial charge on any atom is 0.109 e. The third-order valence-corrected chi connectivity index (χ3v) is 11.0. The van der Waals surface area contributed by atoms with Gasteiger partial charge in [-0.05, 0) is 21.7 Å². The largest absolute Gasteiger partial charge is 0.385 e. The van der Waals surface area contributed by atoms with Crippen molar-refractivity contribution in [2.24, 2.45) is 5.41 Å². The fourth-order valence-electron chi connectivity index (χ4n) is 2.59. The average Bonchev–Trinajstić information content (AvgIpc) is 2.26. The summed E-state index contributed by atoms with van der Waals surface area (Å²) in [4.78, 5) is 0. The standard InChI is InChI=1S/C17H32O2Si/c1-15(2,3)17(19-7)11-10-13(18)14(12-17)20(8,9)16(4,5)6/h10-13,18H,1-9H3/t13?,17-/m1/s1. The summed E-state index contributed by atoms with van der Waals surface area (Å²) in [6.07, 6.45) is 5.66. The lowest BCUT2D eigenvalue weighted by Crippen LogP contribution is -2.50. The van der Waals surface area contributed by atoms with E-state index >= 15 is 0 Å². The lowest BCUT2D eigenvalue weighted by atomic mass is 9.74. The molecule has 0 aromatic heterocycles. The minimum Gasteiger partial charge on any atom is -0.385 e. The quantitative estimate of drug-likeness (QED) is 0.607. The van der Waals surface area contributed by atoms with Gasteiger partial charge >= 0.3 is 0 Å². The first-order chi connectivity index (χ1) is 8.78. The first-order valence-corrected chi connectivity index (χ1v) is 10.4. The zero-order valence-corrected chi connectivity index (χ0v) is 15.7. The van der Waals surface area contributed by atoms with Crippen LogP contribution in [0.3, 0.4) is 0 Å². The Bertz CT molecular complexity index is 421. The molecule has 20 heavy (non-hydrogen) atoms. The molecule has 0 amide bonds. The number of rotatable bonds is 2. The third-order valence-electron chi connectivity index (χ3n) is 5.32. The maximum atomic E-state index is 10.5. The molecule has 0 heterocycles. The first-order valence-electron chi connectivity index (χ1n) is 7.44. The van der Waals surface area contributed by atoms with Gasteiger partial charge in [-0.1, -0.05) is 66.8 Å². The summed E-state index contributed by atoms with van der Waals surface area (Å²) >= 11 is 0. The molecule has 1 aliphatic rings. The average molecular weight is 297 g/mol. The smallest absolute Gasteiger partial charge is 0.109 e. The number of hydrogen-bond acceptors (Lipinski definition) is 2. The van der Waals surface area contributed by atoms with Crippen LogP contribution in [0.25, 0.3) is 0 Å². The van der Waals surface area contributed by atoms with Gasteiger partial charge < -0.3 is 9.84 Å². The summed E-state index contributed by atoms with van der Waals surface area (Å²) in [5.74, 6) is 0. The monoisotopic (exact) mass is 296 g/mol. The molecule has 0 bridgehead atoms. The van der Waals surface area contributed by atoms with Gasteiger partial charge in [0.25, 0.3) is 0 Å². The molecule has 1 aliphatic carbocycles. The van der Waals surface area contributed by atoms with Gasteiger partial charge in [0.2, 0.25) is 0 Å². The van der Waals surface area contributed by atoms with Crippen LogP contribution in [0.15, 0.2) is 23.4 Å². The second-order valence-electron chi connectivity index (χ2n) is 8.53. The Morgan fingerprint density at radius 3 is 2.00 bits per heavy atom. The van der Waals surface area contributed by atoms with Gasteiger partial charge in [0.05, 0.1) is 14.2 Å². The minimum atomic E-state index is -1.77. The van der Waals surface area contributed by atoms with Crippen LogP contribution in [0.1, 0.15) is 41.5 Å². The molecule has 1 rings (SSSR count). The molecule has 3 heteroatoms. The van der Waals surface area contributed by atoms with E-state index in [1.54, 1.807) is 7.11 Å². The van der Waals surface area contributed by atoms with Crippen LogP contribution in [-0.2, 0) is 4.74 Å². The van der Waals surface area contributed by atoms with E-state index in [-0.39, 0.29) is 10.5 Å². The zero-order chi connectivity index (χ0) is 16.0. The predicted octanol–water partition coefficient (Wildman–Crippen LogP) is 4.32. The van der Waals surface area contributed by atoms with Crippen LogP contribution in [0, 0.1) is 5.41 Å². The Morgan fingerprint density at radius 2 is 1.65 bits per heavy atom. The normalized spacial score (nSPS) is 28.5. The third kappa shape index (κ3) is 2.81. The van der Waals surface area contributed by atoms with Crippen molar-refractivity contribution in [3.05, 3.63) is 23.4 Å². The molecule has 0 aromatic rings. The van der Waals surface area contributed by atoms with Gasteiger partial charge in [-0.25, -0.2) is 0 Å². The van der Waals surface area contributed by atoms with Gasteiger partial charge in [-0.3, -0.25) is 0 Å². The van der Waals surface area contributed by atoms with Gasteiger partial charge in [-0.2, -0.15) is 0 Å². The van der Waals surface area contributed by atoms with Crippen molar-refractivity contribution in [3.8, 4) is 0 Å². The van der Waals surface area contributed by atoms with Crippen molar-refractivity contribution in [2.45, 2.75) is 71.4 Å². The Balaban J connectivity index is 3.43. The van der Waals surface area contributed by atoms with Gasteiger partial charge in [0.15, 0.2) is 0 Å². The lowest BCUT2D eigenvalue weighted by molar-refractivity contribution is -0.0166. The fourth-order valence-corrected chi connectivity index (χ4v) is 4.86. The highest BCUT2D eigenvalue weighted by Crippen LogP contribution is 2.47. The van der Waals surface area contributed by atoms with Gasteiger partial charge in [-0.15, -0.1) is 0 Å². The SMILES string of the molecule is CO[C@]1(C(C)(C)C)C=CC(O)C([Si](C)(C)C(C)(C)C)=C1. The predicted molar refractivity (Wildman–Crippen MR) is 89.6 cm³/mol. The van der Waals surface area contributed by atoms with E-state index in [1.165, 1.54) is 5.20 Å². The van der Waals surface area contributed by atoms with E-state index in [2.05, 4.69) is 60.7 Å². The summed E-state index contributed by atoms with van der Waals surface area (Å²) in [6, 6.07) is 0. The Morgan fingerprint density at radius 1 is 1.15 bits per heavy atom. The van der Waals surface area contributed by atoms with Crippen LogP contribution in [0.5, 0.6) is 0 Å². The topological polar surface area (TPSA) is 29.5 Å². The molecule has 0 saturated heterocycles. The molecule has 0 aliphatic heterocycles. The lowest BCUT2D eigenvalue weighted by Gasteiger charge is -2.47. The van der Waals surface area contributed by atoms with Crippen molar-refractivity contribution in [1.82, 2.24) is 0 Å². The molecule has 2 atom stereocenters. The van der Waals surface area contributed by atoms with Crippen molar-refractivity contribution in [2.75, 3.05) is 7.11 Å². The fraction of sp³-hybridized carbons (Fsp3) is 0.765. The summed E-state index contributed by atoms with van der Waals surface area (Å²) < 4.78 is 5.88. The molecule has 0 saturated carbocycles. The van der Waals surface area contributed by atoms with Crippen molar-refractivity contribution in [1.29, 1.82) is 0 Å². The molecular formula is C17H32O2Si. The molecule has 116 valence electrons. The molecule has 1 N–H and O–H groups in total. The highest BCUT2D eigenvalue weighted by Gasteiger charge is 2.47. The van der Waals surface area contributed by atoms with Crippen LogP contribution in [-0.4, -0.2) is 32.0 Å². The zero-order valence-electron chi connectivity index (χ0n) is 14.7. The second kappa shape index (κ2) is 5.11. The molecule has 0 aromatic carbocycles. The summed E-state index contributed by atoms with van der Waals surface area (Å²) in [5, 5.41) is 11.9. The van der Waals surface area contributed by atoms with Gasteiger partial charge in [0.1, 0.15) is 5.60 Å². The highest BCUT2D eigenvalue weighted by atomic mass is 28.3. The van der Waals surface area contributed by atoms with E-state index in [0.717, 1.165) is 0 Å². The maximum absolute atomic E-state index is 10.5. The second-order valence-corrected chi connectivity index (χ2v) is 13.9. The number of methoxy groups -OCH3 is 1. The van der Waals surface area contributed by atoms with Crippen LogP contribution in [0.4, 0.5) is 0 Å². The minimum absolute atomic E-state index is 0.0496. The Labute approximate surface area is 125 Å². The highest BCUT2D eigenvalue weighted by molar-refractivity contribution is 6.87. The number of ether oxygens (including phenoxy) is 1. The first kappa shape index (κ1) is 17.7. The van der Waals surface area contributed by atoms with Crippen LogP contribution in [0.2, 0.25) is 18.1 Å². The van der Waals surface area contributed by atoms with Crippen molar-refractivity contribution < 1.29 is 9.84 Å². The molecule has 1 unspecified atom stereocenters. The Kier molecular flexibility index (Phi) is 4.52. The summed E-state index contributed by atoms with van der Waals surface area (Å²) in [7, 11) is -0.0142. The molecule has 0 spiro atoms. The van der Waals surface area contributed by atoms with Crippen molar-refractivity contribution >= 4 is 8.07 Å². The van der Waals surface area contributed by atoms with Crippen LogP contribution >= 0.6 is 0 Å². The Hall–Kier alpha value is -0.383. The van der Waals surface area contributed by atoms with E-state index < -0.39 is 19.8 Å². The van der Waals surface area contributed by atoms with Crippen molar-refractivity contribution in [3.63, 3.8) is 0 Å². The molecule has 0 radical (unpaired) electrons. The van der Waals surface area contributed by atoms with E-state index in [9.17, 15) is 5.11 Å². The molecule has 2 nitrogen and oxygen atoms in total. The summed E-state index contributed by atoms with van der Waals surface area (Å²) in [6.45, 7) is 18.0. The summed E-state index contributed by atoms with van der Waals surface area (Å²) in [5.41, 5.74) is -0.483. The number of aliphatic hydroxyl groups is 1.